The van der Waals surface area contributed by atoms with Gasteiger partial charge in [0.2, 0.25) is 0 Å². The van der Waals surface area contributed by atoms with Crippen LogP contribution in [-0.2, 0) is 0 Å². The van der Waals surface area contributed by atoms with Crippen molar-refractivity contribution in [3.8, 4) is 0 Å². The third kappa shape index (κ3) is 3.90. The fraction of sp³-hybridized carbons (Fsp3) is 0.294. The Bertz CT molecular complexity index is 543. The molecule has 0 spiro atoms. The quantitative estimate of drug-likeness (QED) is 0.648. The smallest absolute Gasteiger partial charge is 0.0681 e. The van der Waals surface area contributed by atoms with E-state index in [0.29, 0.717) is 0 Å². The predicted octanol–water partition coefficient (Wildman–Crippen LogP) is 1.96. The molecule has 2 rings (SSSR count). The van der Waals surface area contributed by atoms with E-state index in [9.17, 15) is 5.11 Å². The summed E-state index contributed by atoms with van der Waals surface area (Å²) < 4.78 is 0. The van der Waals surface area contributed by atoms with Crippen LogP contribution in [0.25, 0.3) is 0 Å². The zero-order valence-electron chi connectivity index (χ0n) is 11.4. The van der Waals surface area contributed by atoms with Crippen molar-refractivity contribution in [3.63, 3.8) is 0 Å². The molecule has 0 amide bonds. The molecule has 0 aromatic carbocycles. The normalized spacial score (nSPS) is 19.2. The first-order chi connectivity index (χ1) is 9.75. The zero-order chi connectivity index (χ0) is 14.4. The van der Waals surface area contributed by atoms with Gasteiger partial charge in [0.05, 0.1) is 19.8 Å². The Morgan fingerprint density at radius 1 is 0.900 bits per heavy atom. The Morgan fingerprint density at radius 2 is 1.50 bits per heavy atom. The molecule has 0 aromatic heterocycles. The van der Waals surface area contributed by atoms with E-state index in [2.05, 4.69) is 0 Å². The summed E-state index contributed by atoms with van der Waals surface area (Å²) in [5, 5.41) is 27.5. The van der Waals surface area contributed by atoms with Gasteiger partial charge in [-0.1, -0.05) is 42.5 Å². The topological polar surface area (TPSA) is 60.7 Å². The highest BCUT2D eigenvalue weighted by Crippen LogP contribution is 2.22. The van der Waals surface area contributed by atoms with E-state index >= 15 is 0 Å². The monoisotopic (exact) mass is 272 g/mol. The van der Waals surface area contributed by atoms with Crippen molar-refractivity contribution in [2.45, 2.75) is 12.8 Å². The highest BCUT2D eigenvalue weighted by molar-refractivity contribution is 5.43. The summed E-state index contributed by atoms with van der Waals surface area (Å²) >= 11 is 0. The molecule has 106 valence electrons. The van der Waals surface area contributed by atoms with Crippen LogP contribution in [0.5, 0.6) is 0 Å². The first-order valence-electron chi connectivity index (χ1n) is 6.73. The second-order valence-corrected chi connectivity index (χ2v) is 5.01. The van der Waals surface area contributed by atoms with E-state index in [0.717, 1.165) is 40.7 Å². The minimum absolute atomic E-state index is 0.0180. The molecule has 0 unspecified atom stereocenters. The number of rotatable bonds is 6. The van der Waals surface area contributed by atoms with Crippen LogP contribution in [0.1, 0.15) is 12.8 Å². The van der Waals surface area contributed by atoms with Crippen LogP contribution in [0.15, 0.2) is 70.4 Å². The Morgan fingerprint density at radius 3 is 2.05 bits per heavy atom. The van der Waals surface area contributed by atoms with E-state index in [1.165, 1.54) is 0 Å². The van der Waals surface area contributed by atoms with Gasteiger partial charge in [-0.3, -0.25) is 0 Å². The molecule has 3 nitrogen and oxygen atoms in total. The Balaban J connectivity index is 1.94. The summed E-state index contributed by atoms with van der Waals surface area (Å²) in [7, 11) is 0. The summed E-state index contributed by atoms with van der Waals surface area (Å²) in [5.41, 5.74) is 5.06. The summed E-state index contributed by atoms with van der Waals surface area (Å²) in [5.74, 6) is 0. The van der Waals surface area contributed by atoms with Crippen molar-refractivity contribution >= 4 is 0 Å². The van der Waals surface area contributed by atoms with Gasteiger partial charge in [-0.2, -0.15) is 0 Å². The average molecular weight is 272 g/mol. The van der Waals surface area contributed by atoms with Gasteiger partial charge in [-0.25, -0.2) is 0 Å². The number of aliphatic hydroxyl groups excluding tert-OH is 3. The lowest BCUT2D eigenvalue weighted by atomic mass is 10.1. The molecule has 2 aliphatic rings. The molecule has 3 N–H and O–H groups in total. The maximum Gasteiger partial charge on any atom is 0.0681 e. The van der Waals surface area contributed by atoms with Gasteiger partial charge < -0.3 is 15.3 Å². The molecule has 0 radical (unpaired) electrons. The average Bonchev–Trinajstić information content (AvgIpc) is 3.12. The molecular weight excluding hydrogens is 252 g/mol. The van der Waals surface area contributed by atoms with Crippen molar-refractivity contribution in [1.82, 2.24) is 0 Å². The van der Waals surface area contributed by atoms with Gasteiger partial charge in [0.15, 0.2) is 0 Å². The SMILES string of the molecule is OCC(C=CC1=CC=C(CO)C1)=CC1=CC=C(CO)C1. The van der Waals surface area contributed by atoms with Crippen molar-refractivity contribution in [2.75, 3.05) is 19.8 Å². The van der Waals surface area contributed by atoms with E-state index in [-0.39, 0.29) is 19.8 Å². The lowest BCUT2D eigenvalue weighted by Crippen LogP contribution is -1.91. The minimum Gasteiger partial charge on any atom is -0.392 e. The van der Waals surface area contributed by atoms with Crippen LogP contribution in [-0.4, -0.2) is 35.1 Å². The van der Waals surface area contributed by atoms with E-state index in [1.54, 1.807) is 0 Å². The van der Waals surface area contributed by atoms with Crippen LogP contribution in [0.4, 0.5) is 0 Å². The van der Waals surface area contributed by atoms with Crippen LogP contribution >= 0.6 is 0 Å². The van der Waals surface area contributed by atoms with Gasteiger partial charge in [0.1, 0.15) is 0 Å². The van der Waals surface area contributed by atoms with Crippen molar-refractivity contribution < 1.29 is 15.3 Å². The standard InChI is InChI=1S/C17H20O3/c18-10-15-4-1-13(7-15)2-5-16(11-19)8-14-3-6-17(9-14)12-20/h1-6,8,18-20H,7,9-12H2. The van der Waals surface area contributed by atoms with Crippen molar-refractivity contribution in [2.24, 2.45) is 0 Å². The molecule has 20 heavy (non-hydrogen) atoms. The maximum absolute atomic E-state index is 9.40. The number of hydrogen-bond acceptors (Lipinski definition) is 3. The fourth-order valence-electron chi connectivity index (χ4n) is 2.24. The first kappa shape index (κ1) is 14.7. The third-order valence-corrected chi connectivity index (χ3v) is 3.40. The van der Waals surface area contributed by atoms with Gasteiger partial charge in [0.25, 0.3) is 0 Å². The molecule has 0 aliphatic heterocycles. The minimum atomic E-state index is -0.0180. The molecule has 2 aliphatic carbocycles. The Kier molecular flexibility index (Phi) is 5.30. The van der Waals surface area contributed by atoms with Gasteiger partial charge >= 0.3 is 0 Å². The number of allylic oxidation sites excluding steroid dienone is 8. The highest BCUT2D eigenvalue weighted by Gasteiger charge is 2.07. The van der Waals surface area contributed by atoms with E-state index in [4.69, 9.17) is 10.2 Å². The molecule has 0 saturated heterocycles. The molecule has 0 fully saturated rings. The van der Waals surface area contributed by atoms with Gasteiger partial charge in [0, 0.05) is 0 Å². The molecule has 0 aromatic rings. The first-order valence-corrected chi connectivity index (χ1v) is 6.73. The lowest BCUT2D eigenvalue weighted by Gasteiger charge is -2.02. The van der Waals surface area contributed by atoms with Gasteiger partial charge in [-0.05, 0) is 40.7 Å². The maximum atomic E-state index is 9.40. The van der Waals surface area contributed by atoms with Gasteiger partial charge in [-0.15, -0.1) is 0 Å². The fourth-order valence-corrected chi connectivity index (χ4v) is 2.24. The predicted molar refractivity (Wildman–Crippen MR) is 80.0 cm³/mol. The van der Waals surface area contributed by atoms with Crippen LogP contribution < -0.4 is 0 Å². The van der Waals surface area contributed by atoms with Crippen LogP contribution in [0.3, 0.4) is 0 Å². The largest absolute Gasteiger partial charge is 0.392 e. The second-order valence-electron chi connectivity index (χ2n) is 5.01. The molecule has 0 heterocycles. The van der Waals surface area contributed by atoms with E-state index < -0.39 is 0 Å². The van der Waals surface area contributed by atoms with Crippen molar-refractivity contribution in [3.05, 3.63) is 70.4 Å². The van der Waals surface area contributed by atoms with Crippen molar-refractivity contribution in [1.29, 1.82) is 0 Å². The summed E-state index contributed by atoms with van der Waals surface area (Å²) in [6, 6.07) is 0. The molecular formula is C17H20O3. The summed E-state index contributed by atoms with van der Waals surface area (Å²) in [6.45, 7) is 0.162. The van der Waals surface area contributed by atoms with Crippen LogP contribution in [0.2, 0.25) is 0 Å². The molecule has 0 atom stereocenters. The highest BCUT2D eigenvalue weighted by atomic mass is 16.3. The summed E-state index contributed by atoms with van der Waals surface area (Å²) in [6.07, 6.45) is 15.1. The zero-order valence-corrected chi connectivity index (χ0v) is 11.4. The number of hydrogen-bond donors (Lipinski definition) is 3. The summed E-state index contributed by atoms with van der Waals surface area (Å²) in [4.78, 5) is 0. The Hall–Kier alpha value is -1.68. The number of aliphatic hydroxyl groups is 3. The second kappa shape index (κ2) is 7.20. The molecule has 0 saturated carbocycles. The molecule has 3 heteroatoms. The lowest BCUT2D eigenvalue weighted by molar-refractivity contribution is 0.329. The third-order valence-electron chi connectivity index (χ3n) is 3.40. The molecule has 0 bridgehead atoms. The van der Waals surface area contributed by atoms with E-state index in [1.807, 2.05) is 42.5 Å². The van der Waals surface area contributed by atoms with Crippen LogP contribution in [0, 0.1) is 0 Å². The Labute approximate surface area is 119 Å².